The largest absolute Gasteiger partial charge is 0.379 e. The molecule has 0 spiro atoms. The maximum Gasteiger partial charge on any atom is 0.315 e. The van der Waals surface area contributed by atoms with E-state index in [2.05, 4.69) is 29.4 Å². The third-order valence-electron chi connectivity index (χ3n) is 4.43. The first-order valence-electron chi connectivity index (χ1n) is 8.07. The molecule has 126 valence electrons. The molecule has 0 aromatic heterocycles. The molecule has 3 amide bonds. The number of amides is 3. The van der Waals surface area contributed by atoms with Crippen LogP contribution in [0.2, 0.25) is 0 Å². The summed E-state index contributed by atoms with van der Waals surface area (Å²) in [7, 11) is 1.76. The number of morpholine rings is 1. The van der Waals surface area contributed by atoms with Gasteiger partial charge in [0.15, 0.2) is 0 Å². The van der Waals surface area contributed by atoms with Crippen molar-refractivity contribution < 1.29 is 14.3 Å². The third-order valence-corrected chi connectivity index (χ3v) is 4.43. The maximum atomic E-state index is 12.0. The minimum Gasteiger partial charge on any atom is -0.379 e. The third kappa shape index (κ3) is 4.58. The maximum absolute atomic E-state index is 12.0. The topological polar surface area (TPSA) is 73.9 Å². The number of ether oxygens (including phenoxy) is 1. The van der Waals surface area contributed by atoms with Gasteiger partial charge in [0.05, 0.1) is 19.3 Å². The highest BCUT2D eigenvalue weighted by Crippen LogP contribution is 2.12. The summed E-state index contributed by atoms with van der Waals surface area (Å²) in [5.74, 6) is 0.538. The van der Waals surface area contributed by atoms with Crippen LogP contribution in [0.5, 0.6) is 0 Å². The molecule has 2 aliphatic rings. The summed E-state index contributed by atoms with van der Waals surface area (Å²) < 4.78 is 5.39. The number of hydrogen-bond donors (Lipinski definition) is 2. The predicted octanol–water partition coefficient (Wildman–Crippen LogP) is -0.127. The first-order valence-corrected chi connectivity index (χ1v) is 8.07. The van der Waals surface area contributed by atoms with E-state index in [1.807, 2.05) is 0 Å². The number of nitrogens with zero attached hydrogens (tertiary/aromatic N) is 2. The van der Waals surface area contributed by atoms with Crippen LogP contribution in [0.1, 0.15) is 20.3 Å². The lowest BCUT2D eigenvalue weighted by Gasteiger charge is -2.37. The molecule has 2 saturated heterocycles. The summed E-state index contributed by atoms with van der Waals surface area (Å²) in [5.41, 5.74) is 0. The van der Waals surface area contributed by atoms with Gasteiger partial charge in [-0.3, -0.25) is 9.69 Å². The van der Waals surface area contributed by atoms with E-state index in [0.29, 0.717) is 31.5 Å². The molecule has 2 rings (SSSR count). The molecule has 0 aromatic rings. The van der Waals surface area contributed by atoms with Gasteiger partial charge in [-0.15, -0.1) is 0 Å². The molecule has 2 fully saturated rings. The van der Waals surface area contributed by atoms with Gasteiger partial charge in [-0.2, -0.15) is 0 Å². The molecule has 2 atom stereocenters. The summed E-state index contributed by atoms with van der Waals surface area (Å²) >= 11 is 0. The Kier molecular flexibility index (Phi) is 6.02. The Morgan fingerprint density at radius 2 is 2.05 bits per heavy atom. The van der Waals surface area contributed by atoms with Gasteiger partial charge in [-0.05, 0) is 5.92 Å². The van der Waals surface area contributed by atoms with E-state index in [1.54, 1.807) is 11.9 Å². The van der Waals surface area contributed by atoms with E-state index in [9.17, 15) is 9.59 Å². The molecule has 0 bridgehead atoms. The first kappa shape index (κ1) is 17.0. The van der Waals surface area contributed by atoms with E-state index >= 15 is 0 Å². The molecule has 0 aliphatic carbocycles. The van der Waals surface area contributed by atoms with E-state index in [4.69, 9.17) is 4.74 Å². The van der Waals surface area contributed by atoms with Crippen LogP contribution in [0.25, 0.3) is 0 Å². The second kappa shape index (κ2) is 7.78. The van der Waals surface area contributed by atoms with E-state index in [1.165, 1.54) is 0 Å². The molecule has 22 heavy (non-hydrogen) atoms. The number of rotatable bonds is 5. The van der Waals surface area contributed by atoms with Crippen molar-refractivity contribution in [1.82, 2.24) is 20.4 Å². The van der Waals surface area contributed by atoms with Gasteiger partial charge in [0, 0.05) is 45.7 Å². The van der Waals surface area contributed by atoms with Gasteiger partial charge < -0.3 is 20.3 Å². The molecule has 2 aliphatic heterocycles. The van der Waals surface area contributed by atoms with Crippen LogP contribution in [-0.2, 0) is 9.53 Å². The van der Waals surface area contributed by atoms with Crippen molar-refractivity contribution in [2.45, 2.75) is 32.4 Å². The van der Waals surface area contributed by atoms with Crippen molar-refractivity contribution in [2.24, 2.45) is 5.92 Å². The van der Waals surface area contributed by atoms with Crippen LogP contribution < -0.4 is 10.6 Å². The number of hydrogen-bond acceptors (Lipinski definition) is 4. The Labute approximate surface area is 132 Å². The van der Waals surface area contributed by atoms with Crippen LogP contribution >= 0.6 is 0 Å². The van der Waals surface area contributed by atoms with E-state index in [-0.39, 0.29) is 18.0 Å². The Hall–Kier alpha value is -1.34. The van der Waals surface area contributed by atoms with Crippen molar-refractivity contribution in [3.8, 4) is 0 Å². The zero-order valence-electron chi connectivity index (χ0n) is 13.8. The first-order chi connectivity index (χ1) is 10.5. The smallest absolute Gasteiger partial charge is 0.315 e. The number of likely N-dealkylation sites (tertiary alicyclic amines) is 1. The molecule has 7 nitrogen and oxygen atoms in total. The van der Waals surface area contributed by atoms with Crippen LogP contribution in [0.15, 0.2) is 0 Å². The Morgan fingerprint density at radius 3 is 2.59 bits per heavy atom. The fourth-order valence-corrected chi connectivity index (χ4v) is 3.09. The molecule has 2 N–H and O–H groups in total. The van der Waals surface area contributed by atoms with Crippen LogP contribution in [0.3, 0.4) is 0 Å². The lowest BCUT2D eigenvalue weighted by Crippen LogP contribution is -2.53. The van der Waals surface area contributed by atoms with Crippen molar-refractivity contribution in [1.29, 1.82) is 0 Å². The van der Waals surface area contributed by atoms with Gasteiger partial charge in [-0.25, -0.2) is 4.79 Å². The van der Waals surface area contributed by atoms with Crippen molar-refractivity contribution >= 4 is 11.9 Å². The van der Waals surface area contributed by atoms with Crippen LogP contribution in [0, 0.1) is 5.92 Å². The SMILES string of the molecule is CC(C)C(CNC(=O)NC1CC(=O)N(C)C1)N1CCOCC1. The van der Waals surface area contributed by atoms with Gasteiger partial charge in [0.2, 0.25) is 5.91 Å². The highest BCUT2D eigenvalue weighted by molar-refractivity contribution is 5.81. The molecule has 7 heteroatoms. The lowest BCUT2D eigenvalue weighted by atomic mass is 10.0. The second-order valence-electron chi connectivity index (χ2n) is 6.49. The van der Waals surface area contributed by atoms with Crippen molar-refractivity contribution in [2.75, 3.05) is 46.4 Å². The summed E-state index contributed by atoms with van der Waals surface area (Å²) in [5, 5.41) is 5.84. The Bertz CT molecular complexity index is 396. The average molecular weight is 312 g/mol. The second-order valence-corrected chi connectivity index (χ2v) is 6.49. The summed E-state index contributed by atoms with van der Waals surface area (Å²) in [6.45, 7) is 8.87. The Balaban J connectivity index is 1.76. The lowest BCUT2D eigenvalue weighted by molar-refractivity contribution is -0.126. The molecule has 2 unspecified atom stereocenters. The number of carbonyl (C=O) groups is 2. The number of likely N-dealkylation sites (N-methyl/N-ethyl adjacent to an activating group) is 1. The highest BCUT2D eigenvalue weighted by Gasteiger charge is 2.28. The van der Waals surface area contributed by atoms with E-state index in [0.717, 1.165) is 26.3 Å². The molecular formula is C15H28N4O3. The summed E-state index contributed by atoms with van der Waals surface area (Å²) in [6, 6.07) is 0.0351. The predicted molar refractivity (Wildman–Crippen MR) is 83.6 cm³/mol. The molecule has 0 saturated carbocycles. The minimum atomic E-state index is -0.188. The molecule has 0 radical (unpaired) electrons. The fourth-order valence-electron chi connectivity index (χ4n) is 3.09. The fraction of sp³-hybridized carbons (Fsp3) is 0.867. The molecule has 0 aromatic carbocycles. The minimum absolute atomic E-state index is 0.0821. The summed E-state index contributed by atoms with van der Waals surface area (Å²) in [4.78, 5) is 27.5. The van der Waals surface area contributed by atoms with Crippen molar-refractivity contribution in [3.05, 3.63) is 0 Å². The average Bonchev–Trinajstić information content (AvgIpc) is 2.78. The number of carbonyl (C=O) groups excluding carboxylic acids is 2. The normalized spacial score (nSPS) is 24.6. The monoisotopic (exact) mass is 312 g/mol. The molecule has 2 heterocycles. The molecular weight excluding hydrogens is 284 g/mol. The summed E-state index contributed by atoms with van der Waals surface area (Å²) in [6.07, 6.45) is 0.390. The zero-order chi connectivity index (χ0) is 16.1. The van der Waals surface area contributed by atoms with Gasteiger partial charge in [0.25, 0.3) is 0 Å². The zero-order valence-corrected chi connectivity index (χ0v) is 13.8. The van der Waals surface area contributed by atoms with Crippen molar-refractivity contribution in [3.63, 3.8) is 0 Å². The van der Waals surface area contributed by atoms with Gasteiger partial charge in [0.1, 0.15) is 0 Å². The Morgan fingerprint density at radius 1 is 1.36 bits per heavy atom. The van der Waals surface area contributed by atoms with Gasteiger partial charge >= 0.3 is 6.03 Å². The highest BCUT2D eigenvalue weighted by atomic mass is 16.5. The number of nitrogens with one attached hydrogen (secondary N) is 2. The van der Waals surface area contributed by atoms with Gasteiger partial charge in [-0.1, -0.05) is 13.8 Å². The van der Waals surface area contributed by atoms with Crippen LogP contribution in [-0.4, -0.2) is 80.3 Å². The van der Waals surface area contributed by atoms with E-state index < -0.39 is 0 Å². The standard InChI is InChI=1S/C15H28N4O3/c1-11(2)13(19-4-6-22-7-5-19)9-16-15(21)17-12-8-14(20)18(3)10-12/h11-13H,4-10H2,1-3H3,(H2,16,17,21). The number of urea groups is 1. The quantitative estimate of drug-likeness (QED) is 0.742. The van der Waals surface area contributed by atoms with Crippen LogP contribution in [0.4, 0.5) is 4.79 Å².